The molecule has 8 nitrogen and oxygen atoms in total. The van der Waals surface area contributed by atoms with Crippen LogP contribution >= 0.6 is 0 Å². The second-order valence-corrected chi connectivity index (χ2v) is 12.5. The second-order valence-electron chi connectivity index (χ2n) is 10.8. The van der Waals surface area contributed by atoms with E-state index >= 15 is 0 Å². The molecule has 0 aromatic carbocycles. The zero-order valence-corrected chi connectivity index (χ0v) is 19.1. The number of fused-ring (bicyclic) bond motifs is 6. The number of nitrogens with zero attached hydrogens (tertiary/aromatic N) is 4. The van der Waals surface area contributed by atoms with Gasteiger partial charge in [0, 0.05) is 30.9 Å². The molecule has 0 amide bonds. The monoisotopic (exact) mass is 457 g/mol. The molecule has 0 radical (unpaired) electrons. The normalized spacial score (nSPS) is 34.1. The van der Waals surface area contributed by atoms with Crippen molar-refractivity contribution in [1.82, 2.24) is 18.9 Å². The van der Waals surface area contributed by atoms with Crippen molar-refractivity contribution >= 4 is 21.8 Å². The summed E-state index contributed by atoms with van der Waals surface area (Å²) >= 11 is 0. The molecule has 2 bridgehead atoms. The zero-order chi connectivity index (χ0) is 21.4. The Labute approximate surface area is 188 Å². The largest absolute Gasteiger partial charge is 0.493 e. The van der Waals surface area contributed by atoms with Crippen LogP contribution in [-0.2, 0) is 10.2 Å². The number of anilines is 1. The van der Waals surface area contributed by atoms with Gasteiger partial charge in [-0.05, 0) is 86.9 Å². The summed E-state index contributed by atoms with van der Waals surface area (Å²) in [6.07, 6.45) is 12.3. The summed E-state index contributed by atoms with van der Waals surface area (Å²) in [6, 6.07) is 1.95. The van der Waals surface area contributed by atoms with Gasteiger partial charge in [0.1, 0.15) is 5.75 Å². The van der Waals surface area contributed by atoms with Crippen molar-refractivity contribution in [3.63, 3.8) is 0 Å². The van der Waals surface area contributed by atoms with E-state index in [2.05, 4.69) is 14.9 Å². The molecule has 172 valence electrons. The van der Waals surface area contributed by atoms with E-state index in [1.54, 1.807) is 4.40 Å². The molecule has 5 fully saturated rings. The Balaban J connectivity index is 1.11. The summed E-state index contributed by atoms with van der Waals surface area (Å²) in [5.41, 5.74) is 1.77. The Morgan fingerprint density at radius 3 is 2.44 bits per heavy atom. The highest BCUT2D eigenvalue weighted by Crippen LogP contribution is 2.60. The van der Waals surface area contributed by atoms with Crippen molar-refractivity contribution in [3.05, 3.63) is 17.8 Å². The predicted molar refractivity (Wildman–Crippen MR) is 120 cm³/mol. The molecular formula is C23H31N5O3S. The van der Waals surface area contributed by atoms with Gasteiger partial charge in [0.05, 0.1) is 6.61 Å². The Morgan fingerprint density at radius 1 is 1.03 bits per heavy atom. The summed E-state index contributed by atoms with van der Waals surface area (Å²) < 4.78 is 37.3. The van der Waals surface area contributed by atoms with Crippen molar-refractivity contribution < 1.29 is 13.2 Å². The fraction of sp³-hybridized carbons (Fsp3) is 0.739. The first kappa shape index (κ1) is 19.6. The number of aromatic nitrogens is 3. The van der Waals surface area contributed by atoms with Crippen LogP contribution in [0.25, 0.3) is 5.65 Å². The maximum atomic E-state index is 12.5. The van der Waals surface area contributed by atoms with E-state index in [1.807, 2.05) is 12.3 Å². The molecule has 5 aliphatic rings. The van der Waals surface area contributed by atoms with Crippen LogP contribution in [0.4, 0.5) is 5.95 Å². The summed E-state index contributed by atoms with van der Waals surface area (Å²) in [5, 5.41) is 8.35. The lowest BCUT2D eigenvalue weighted by atomic mass is 9.82. The van der Waals surface area contributed by atoms with Crippen LogP contribution in [0.15, 0.2) is 12.3 Å². The standard InChI is InChI=1S/C23H31N5O3S/c29-32(30,27-6-1-7-27)26-23-25-24-22-11-21(20(12-28(22)23)15-2-3-15)31-13-14-8-18-16-4-5-17(10-16)19(18)9-14/h11-12,14-19H,1-10,13H2,(H,25,26)/t14-,16+,17-,18-,19+. The van der Waals surface area contributed by atoms with Gasteiger partial charge in [-0.15, -0.1) is 10.2 Å². The Kier molecular flexibility index (Phi) is 4.32. The first-order valence-corrected chi connectivity index (χ1v) is 13.8. The summed E-state index contributed by atoms with van der Waals surface area (Å²) in [4.78, 5) is 0. The fourth-order valence-corrected chi connectivity index (χ4v) is 8.25. The van der Waals surface area contributed by atoms with E-state index in [1.165, 1.54) is 36.4 Å². The average Bonchev–Trinajstić information content (AvgIpc) is 3.05. The van der Waals surface area contributed by atoms with Crippen LogP contribution in [0.1, 0.15) is 62.8 Å². The molecule has 2 aromatic rings. The SMILES string of the molecule is O=S(=O)(Nc1nnc2cc(OC[C@@H]3C[C@@H]4[C@H]5CC[C@H](C5)[C@@H]4C3)c(C3CC3)cn12)N1CCC1. The van der Waals surface area contributed by atoms with Crippen LogP contribution < -0.4 is 9.46 Å². The van der Waals surface area contributed by atoms with Crippen molar-refractivity contribution in [1.29, 1.82) is 0 Å². The molecule has 2 aromatic heterocycles. The van der Waals surface area contributed by atoms with Gasteiger partial charge >= 0.3 is 10.2 Å². The average molecular weight is 458 g/mol. The third kappa shape index (κ3) is 3.15. The van der Waals surface area contributed by atoms with Crippen LogP contribution in [0.5, 0.6) is 5.75 Å². The van der Waals surface area contributed by atoms with Gasteiger partial charge in [-0.25, -0.2) is 4.72 Å². The van der Waals surface area contributed by atoms with Gasteiger partial charge in [0.2, 0.25) is 5.95 Å². The lowest BCUT2D eigenvalue weighted by Crippen LogP contribution is -2.45. The second kappa shape index (κ2) is 7.06. The molecule has 1 N–H and O–H groups in total. The molecule has 0 unspecified atom stereocenters. The fourth-order valence-electron chi connectivity index (χ4n) is 7.01. The highest BCUT2D eigenvalue weighted by Gasteiger charge is 2.51. The lowest BCUT2D eigenvalue weighted by Gasteiger charge is -2.29. The van der Waals surface area contributed by atoms with E-state index in [4.69, 9.17) is 4.74 Å². The number of pyridine rings is 1. The first-order chi connectivity index (χ1) is 15.5. The van der Waals surface area contributed by atoms with Gasteiger partial charge < -0.3 is 4.74 Å². The van der Waals surface area contributed by atoms with Crippen LogP contribution in [0.3, 0.4) is 0 Å². The molecule has 4 saturated carbocycles. The van der Waals surface area contributed by atoms with E-state index in [0.29, 0.717) is 30.6 Å². The molecule has 9 heteroatoms. The van der Waals surface area contributed by atoms with Crippen LogP contribution in [0.2, 0.25) is 0 Å². The maximum Gasteiger partial charge on any atom is 0.303 e. The third-order valence-corrected chi connectivity index (χ3v) is 10.4. The number of rotatable bonds is 7. The quantitative estimate of drug-likeness (QED) is 0.688. The van der Waals surface area contributed by atoms with Crippen molar-refractivity contribution in [2.75, 3.05) is 24.4 Å². The molecule has 5 atom stereocenters. The summed E-state index contributed by atoms with van der Waals surface area (Å²) in [5.74, 6) is 6.18. The van der Waals surface area contributed by atoms with E-state index < -0.39 is 10.2 Å². The number of hydrogen-bond acceptors (Lipinski definition) is 5. The molecule has 3 heterocycles. The molecule has 1 saturated heterocycles. The smallest absolute Gasteiger partial charge is 0.303 e. The van der Waals surface area contributed by atoms with Crippen LogP contribution in [-0.4, -0.2) is 47.0 Å². The van der Waals surface area contributed by atoms with Gasteiger partial charge in [0.25, 0.3) is 0 Å². The molecule has 0 spiro atoms. The minimum absolute atomic E-state index is 0.249. The summed E-state index contributed by atoms with van der Waals surface area (Å²) in [6.45, 7) is 1.90. The number of nitrogens with one attached hydrogen (secondary N) is 1. The lowest BCUT2D eigenvalue weighted by molar-refractivity contribution is 0.237. The minimum atomic E-state index is -3.57. The highest BCUT2D eigenvalue weighted by molar-refractivity contribution is 7.90. The van der Waals surface area contributed by atoms with E-state index in [9.17, 15) is 8.42 Å². The third-order valence-electron chi connectivity index (χ3n) is 8.89. The Bertz CT molecular complexity index is 1140. The van der Waals surface area contributed by atoms with Gasteiger partial charge in [-0.2, -0.15) is 12.7 Å². The Hall–Kier alpha value is -1.87. The maximum absolute atomic E-state index is 12.5. The van der Waals surface area contributed by atoms with Crippen molar-refractivity contribution in [2.24, 2.45) is 29.6 Å². The van der Waals surface area contributed by atoms with Crippen molar-refractivity contribution in [3.8, 4) is 5.75 Å². The molecular weight excluding hydrogens is 426 g/mol. The Morgan fingerprint density at radius 2 is 1.78 bits per heavy atom. The zero-order valence-electron chi connectivity index (χ0n) is 18.3. The number of ether oxygens (including phenoxy) is 1. The number of hydrogen-bond donors (Lipinski definition) is 1. The van der Waals surface area contributed by atoms with Gasteiger partial charge in [0.15, 0.2) is 5.65 Å². The van der Waals surface area contributed by atoms with Gasteiger partial charge in [-0.1, -0.05) is 0 Å². The van der Waals surface area contributed by atoms with E-state index in [-0.39, 0.29) is 5.95 Å². The highest BCUT2D eigenvalue weighted by atomic mass is 32.2. The van der Waals surface area contributed by atoms with E-state index in [0.717, 1.165) is 60.9 Å². The van der Waals surface area contributed by atoms with Crippen molar-refractivity contribution in [2.45, 2.75) is 57.3 Å². The predicted octanol–water partition coefficient (Wildman–Crippen LogP) is 3.42. The van der Waals surface area contributed by atoms with Crippen LogP contribution in [0, 0.1) is 29.6 Å². The summed E-state index contributed by atoms with van der Waals surface area (Å²) in [7, 11) is -3.57. The molecule has 4 aliphatic carbocycles. The molecule has 1 aliphatic heterocycles. The first-order valence-electron chi connectivity index (χ1n) is 12.3. The molecule has 32 heavy (non-hydrogen) atoms. The minimum Gasteiger partial charge on any atom is -0.493 e. The molecule has 7 rings (SSSR count). The van der Waals surface area contributed by atoms with Gasteiger partial charge in [-0.3, -0.25) is 4.40 Å². The topological polar surface area (TPSA) is 88.8 Å².